The molecule has 4 rings (SSSR count). The fourth-order valence-corrected chi connectivity index (χ4v) is 3.19. The number of aryl methyl sites for hydroxylation is 1. The van der Waals surface area contributed by atoms with Crippen molar-refractivity contribution in [3.63, 3.8) is 0 Å². The van der Waals surface area contributed by atoms with E-state index in [9.17, 15) is 4.79 Å². The van der Waals surface area contributed by atoms with E-state index in [2.05, 4.69) is 18.2 Å². The molecule has 0 saturated carbocycles. The van der Waals surface area contributed by atoms with Gasteiger partial charge >= 0.3 is 0 Å². The average Bonchev–Trinajstić information content (AvgIpc) is 2.77. The lowest BCUT2D eigenvalue weighted by molar-refractivity contribution is -0.113. The minimum atomic E-state index is 0.149. The maximum atomic E-state index is 12.6. The van der Waals surface area contributed by atoms with Crippen molar-refractivity contribution in [1.82, 2.24) is 0 Å². The molecule has 2 aliphatic rings. The summed E-state index contributed by atoms with van der Waals surface area (Å²) in [5.41, 5.74) is 5.45. The Balaban J connectivity index is 1.90. The first-order chi connectivity index (χ1) is 9.84. The topological polar surface area (TPSA) is 20.3 Å². The summed E-state index contributed by atoms with van der Waals surface area (Å²) < 4.78 is 0. The Morgan fingerprint density at radius 2 is 1.85 bits per heavy atom. The van der Waals surface area contributed by atoms with Crippen LogP contribution in [0.2, 0.25) is 0 Å². The van der Waals surface area contributed by atoms with Crippen LogP contribution in [-0.4, -0.2) is 12.5 Å². The third kappa shape index (κ3) is 1.61. The monoisotopic (exact) mass is 261 g/mol. The largest absolute Gasteiger partial charge is 0.307 e. The minimum absolute atomic E-state index is 0.149. The second-order valence-electron chi connectivity index (χ2n) is 5.34. The van der Waals surface area contributed by atoms with Gasteiger partial charge in [-0.25, -0.2) is 0 Å². The van der Waals surface area contributed by atoms with Crippen molar-refractivity contribution in [3.8, 4) is 0 Å². The van der Waals surface area contributed by atoms with Crippen LogP contribution in [0.25, 0.3) is 11.6 Å². The molecule has 2 aromatic carbocycles. The number of carbonyl (C=O) groups is 1. The van der Waals surface area contributed by atoms with Gasteiger partial charge in [-0.3, -0.25) is 4.79 Å². The lowest BCUT2D eigenvalue weighted by Crippen LogP contribution is -2.31. The molecule has 0 saturated heterocycles. The number of benzene rings is 2. The van der Waals surface area contributed by atoms with Crippen molar-refractivity contribution in [2.75, 3.05) is 11.4 Å². The van der Waals surface area contributed by atoms with E-state index in [0.29, 0.717) is 0 Å². The van der Waals surface area contributed by atoms with E-state index in [4.69, 9.17) is 0 Å². The number of rotatable bonds is 1. The summed E-state index contributed by atoms with van der Waals surface area (Å²) in [6.45, 7) is 0.842. The van der Waals surface area contributed by atoms with Gasteiger partial charge in [0.25, 0.3) is 5.91 Å². The molecule has 2 aromatic rings. The predicted octanol–water partition coefficient (Wildman–Crippen LogP) is 3.52. The molecule has 1 amide bonds. The molecule has 2 aliphatic heterocycles. The molecule has 0 bridgehead atoms. The van der Waals surface area contributed by atoms with Gasteiger partial charge in [-0.05, 0) is 30.0 Å². The molecule has 2 nitrogen and oxygen atoms in total. The van der Waals surface area contributed by atoms with Crippen LogP contribution in [0, 0.1) is 0 Å². The third-order valence-electron chi connectivity index (χ3n) is 4.09. The molecule has 20 heavy (non-hydrogen) atoms. The van der Waals surface area contributed by atoms with Crippen LogP contribution in [0.5, 0.6) is 0 Å². The van der Waals surface area contributed by atoms with Gasteiger partial charge in [0.2, 0.25) is 0 Å². The zero-order valence-corrected chi connectivity index (χ0v) is 11.2. The highest BCUT2D eigenvalue weighted by Crippen LogP contribution is 2.42. The van der Waals surface area contributed by atoms with E-state index in [0.717, 1.165) is 41.8 Å². The second-order valence-corrected chi connectivity index (χ2v) is 5.34. The van der Waals surface area contributed by atoms with Crippen molar-refractivity contribution >= 4 is 23.2 Å². The van der Waals surface area contributed by atoms with Gasteiger partial charge in [-0.2, -0.15) is 0 Å². The van der Waals surface area contributed by atoms with E-state index in [-0.39, 0.29) is 5.91 Å². The van der Waals surface area contributed by atoms with Gasteiger partial charge in [0, 0.05) is 17.7 Å². The van der Waals surface area contributed by atoms with E-state index in [1.807, 2.05) is 41.3 Å². The van der Waals surface area contributed by atoms with Crippen LogP contribution in [0.15, 0.2) is 48.5 Å². The lowest BCUT2D eigenvalue weighted by Gasteiger charge is -2.24. The van der Waals surface area contributed by atoms with Gasteiger partial charge in [-0.1, -0.05) is 48.5 Å². The van der Waals surface area contributed by atoms with E-state index >= 15 is 0 Å². The lowest BCUT2D eigenvalue weighted by atomic mass is 9.98. The van der Waals surface area contributed by atoms with E-state index in [1.54, 1.807) is 0 Å². The summed E-state index contributed by atoms with van der Waals surface area (Å²) in [6, 6.07) is 16.3. The quantitative estimate of drug-likeness (QED) is 0.719. The number of para-hydroxylation sites is 1. The summed E-state index contributed by atoms with van der Waals surface area (Å²) in [5, 5.41) is 0. The molecule has 0 aliphatic carbocycles. The fourth-order valence-electron chi connectivity index (χ4n) is 3.19. The fraction of sp³-hybridized carbons (Fsp3) is 0.167. The Kier molecular flexibility index (Phi) is 2.49. The molecule has 0 fully saturated rings. The molecule has 0 unspecified atom stereocenters. The van der Waals surface area contributed by atoms with Crippen LogP contribution in [0.4, 0.5) is 5.69 Å². The smallest absolute Gasteiger partial charge is 0.259 e. The Morgan fingerprint density at radius 3 is 2.70 bits per heavy atom. The average molecular weight is 261 g/mol. The van der Waals surface area contributed by atoms with Crippen molar-refractivity contribution in [1.29, 1.82) is 0 Å². The van der Waals surface area contributed by atoms with Crippen molar-refractivity contribution < 1.29 is 4.79 Å². The van der Waals surface area contributed by atoms with Crippen molar-refractivity contribution in [2.45, 2.75) is 12.8 Å². The van der Waals surface area contributed by atoms with Gasteiger partial charge in [0.15, 0.2) is 0 Å². The van der Waals surface area contributed by atoms with Crippen LogP contribution >= 0.6 is 0 Å². The van der Waals surface area contributed by atoms with Crippen LogP contribution in [0.1, 0.15) is 23.1 Å². The number of hydrogen-bond acceptors (Lipinski definition) is 1. The predicted molar refractivity (Wildman–Crippen MR) is 81.4 cm³/mol. The SMILES string of the molecule is O=C1/C(=C/c2ccccc2)c2cccc3c2N1CCC3. The first-order valence-corrected chi connectivity index (χ1v) is 7.05. The molecule has 0 atom stereocenters. The molecular weight excluding hydrogens is 246 g/mol. The summed E-state index contributed by atoms with van der Waals surface area (Å²) in [6.07, 6.45) is 4.14. The molecule has 0 N–H and O–H groups in total. The van der Waals surface area contributed by atoms with Crippen molar-refractivity contribution in [3.05, 3.63) is 65.2 Å². The van der Waals surface area contributed by atoms with E-state index in [1.165, 1.54) is 5.56 Å². The van der Waals surface area contributed by atoms with Gasteiger partial charge < -0.3 is 4.90 Å². The first kappa shape index (κ1) is 11.5. The number of carbonyl (C=O) groups excluding carboxylic acids is 1. The van der Waals surface area contributed by atoms with Crippen LogP contribution < -0.4 is 4.90 Å². The van der Waals surface area contributed by atoms with Gasteiger partial charge in [-0.15, -0.1) is 0 Å². The Hall–Kier alpha value is -2.35. The minimum Gasteiger partial charge on any atom is -0.307 e. The molecule has 0 radical (unpaired) electrons. The normalized spacial score (nSPS) is 18.5. The zero-order valence-electron chi connectivity index (χ0n) is 11.2. The maximum absolute atomic E-state index is 12.6. The molecular formula is C18H15NO. The summed E-state index contributed by atoms with van der Waals surface area (Å²) in [4.78, 5) is 14.6. The standard InChI is InChI=1S/C18H15NO/c20-18-16(12-13-6-2-1-3-7-13)15-10-4-8-14-9-5-11-19(18)17(14)15/h1-4,6-8,10,12H,5,9,11H2/b16-12+. The molecule has 2 heterocycles. The first-order valence-electron chi connectivity index (χ1n) is 7.05. The highest BCUT2D eigenvalue weighted by Gasteiger charge is 2.35. The zero-order chi connectivity index (χ0) is 13.5. The number of amides is 1. The van der Waals surface area contributed by atoms with Crippen LogP contribution in [0.3, 0.4) is 0 Å². The molecule has 0 spiro atoms. The van der Waals surface area contributed by atoms with E-state index < -0.39 is 0 Å². The Bertz CT molecular complexity index is 715. The van der Waals surface area contributed by atoms with Gasteiger partial charge in [0.05, 0.1) is 5.69 Å². The summed E-state index contributed by atoms with van der Waals surface area (Å²) >= 11 is 0. The molecule has 0 aromatic heterocycles. The highest BCUT2D eigenvalue weighted by atomic mass is 16.2. The van der Waals surface area contributed by atoms with Crippen LogP contribution in [-0.2, 0) is 11.2 Å². The number of nitrogens with zero attached hydrogens (tertiary/aromatic N) is 1. The Labute approximate surface area is 118 Å². The molecule has 2 heteroatoms. The second kappa shape index (κ2) is 4.34. The van der Waals surface area contributed by atoms with Crippen molar-refractivity contribution in [2.24, 2.45) is 0 Å². The highest BCUT2D eigenvalue weighted by molar-refractivity contribution is 6.36. The molecule has 98 valence electrons. The Morgan fingerprint density at radius 1 is 1.00 bits per heavy atom. The number of hydrogen-bond donors (Lipinski definition) is 0. The summed E-state index contributed by atoms with van der Waals surface area (Å²) in [5.74, 6) is 0.149. The third-order valence-corrected chi connectivity index (χ3v) is 4.09. The van der Waals surface area contributed by atoms with Gasteiger partial charge in [0.1, 0.15) is 0 Å². The maximum Gasteiger partial charge on any atom is 0.259 e. The number of anilines is 1. The summed E-state index contributed by atoms with van der Waals surface area (Å²) in [7, 11) is 0.